The van der Waals surface area contributed by atoms with Crippen molar-refractivity contribution in [2.24, 2.45) is 0 Å². The van der Waals surface area contributed by atoms with Gasteiger partial charge in [-0.2, -0.15) is 0 Å². The standard InChI is InChI=1S/C29H31NO4/c1-32-26-17-21-13-14-25(30-29(31)34-18-19-9-5-3-6-10-19)23-15-22(20-11-7-4-8-12-20)16-24(27(21)23)28(26)33-2/h3-12,17,22-23,25H,13-16,18H2,1-2H3,(H,30,31). The van der Waals surface area contributed by atoms with E-state index < -0.39 is 0 Å². The maximum atomic E-state index is 12.8. The molecule has 0 aromatic heterocycles. The van der Waals surface area contributed by atoms with Gasteiger partial charge >= 0.3 is 6.09 Å². The average molecular weight is 458 g/mol. The van der Waals surface area contributed by atoms with E-state index in [2.05, 4.69) is 41.7 Å². The summed E-state index contributed by atoms with van der Waals surface area (Å²) in [4.78, 5) is 12.8. The molecule has 3 unspecified atom stereocenters. The highest BCUT2D eigenvalue weighted by Gasteiger charge is 2.40. The quantitative estimate of drug-likeness (QED) is 0.511. The SMILES string of the molecule is COc1cc2c3c(c1OC)CC(c1ccccc1)CC3C(NC(=O)OCc1ccccc1)CC2. The fourth-order valence-corrected chi connectivity index (χ4v) is 5.71. The summed E-state index contributed by atoms with van der Waals surface area (Å²) in [7, 11) is 3.41. The molecule has 1 N–H and O–H groups in total. The van der Waals surface area contributed by atoms with Crippen LogP contribution in [0.4, 0.5) is 4.79 Å². The van der Waals surface area contributed by atoms with Crippen molar-refractivity contribution in [3.8, 4) is 11.5 Å². The molecular weight excluding hydrogens is 426 g/mol. The highest BCUT2D eigenvalue weighted by atomic mass is 16.5. The highest BCUT2D eigenvalue weighted by molar-refractivity contribution is 5.68. The van der Waals surface area contributed by atoms with Crippen molar-refractivity contribution in [3.05, 3.63) is 94.5 Å². The van der Waals surface area contributed by atoms with Gasteiger partial charge in [0.1, 0.15) is 6.61 Å². The smallest absolute Gasteiger partial charge is 0.407 e. The Morgan fingerprint density at radius 3 is 2.44 bits per heavy atom. The Morgan fingerprint density at radius 1 is 1.00 bits per heavy atom. The van der Waals surface area contributed by atoms with Crippen molar-refractivity contribution in [3.63, 3.8) is 0 Å². The van der Waals surface area contributed by atoms with E-state index in [9.17, 15) is 4.79 Å². The van der Waals surface area contributed by atoms with E-state index in [1.54, 1.807) is 14.2 Å². The molecule has 5 rings (SSSR count). The lowest BCUT2D eigenvalue weighted by Crippen LogP contribution is -2.44. The van der Waals surface area contributed by atoms with Crippen LogP contribution in [0.5, 0.6) is 11.5 Å². The molecule has 176 valence electrons. The van der Waals surface area contributed by atoms with Crippen LogP contribution in [0.3, 0.4) is 0 Å². The fraction of sp³-hybridized carbons (Fsp3) is 0.345. The monoisotopic (exact) mass is 457 g/mol. The summed E-state index contributed by atoms with van der Waals surface area (Å²) < 4.78 is 17.1. The summed E-state index contributed by atoms with van der Waals surface area (Å²) in [5.74, 6) is 2.15. The Hall–Kier alpha value is -3.47. The first-order valence-corrected chi connectivity index (χ1v) is 12.0. The van der Waals surface area contributed by atoms with Gasteiger partial charge in [0.2, 0.25) is 0 Å². The van der Waals surface area contributed by atoms with Gasteiger partial charge in [0.25, 0.3) is 0 Å². The molecule has 5 nitrogen and oxygen atoms in total. The van der Waals surface area contributed by atoms with E-state index >= 15 is 0 Å². The second kappa shape index (κ2) is 9.80. The third kappa shape index (κ3) is 4.35. The molecule has 34 heavy (non-hydrogen) atoms. The largest absolute Gasteiger partial charge is 0.493 e. The zero-order chi connectivity index (χ0) is 23.5. The lowest BCUT2D eigenvalue weighted by Gasteiger charge is -2.42. The van der Waals surface area contributed by atoms with Gasteiger partial charge in [0.05, 0.1) is 14.2 Å². The normalized spacial score (nSPS) is 20.7. The summed E-state index contributed by atoms with van der Waals surface area (Å²) in [6.45, 7) is 0.267. The summed E-state index contributed by atoms with van der Waals surface area (Å²) in [5, 5.41) is 3.20. The second-order valence-electron chi connectivity index (χ2n) is 9.17. The minimum Gasteiger partial charge on any atom is -0.493 e. The molecule has 0 saturated carbocycles. The summed E-state index contributed by atoms with van der Waals surface area (Å²) in [6.07, 6.45) is 3.27. The number of rotatable bonds is 6. The Kier molecular flexibility index (Phi) is 6.43. The van der Waals surface area contributed by atoms with Crippen molar-refractivity contribution >= 4 is 6.09 Å². The summed E-state index contributed by atoms with van der Waals surface area (Å²) in [6, 6.07) is 22.5. The van der Waals surface area contributed by atoms with Crippen molar-refractivity contribution in [1.29, 1.82) is 0 Å². The molecule has 3 atom stereocenters. The maximum absolute atomic E-state index is 12.8. The Bertz CT molecular complexity index is 1150. The number of nitrogens with one attached hydrogen (secondary N) is 1. The lowest BCUT2D eigenvalue weighted by atomic mass is 9.66. The Morgan fingerprint density at radius 2 is 1.74 bits per heavy atom. The predicted molar refractivity (Wildman–Crippen MR) is 132 cm³/mol. The van der Waals surface area contributed by atoms with E-state index in [0.29, 0.717) is 5.92 Å². The van der Waals surface area contributed by atoms with Crippen LogP contribution in [0.15, 0.2) is 66.7 Å². The summed E-state index contributed by atoms with van der Waals surface area (Å²) >= 11 is 0. The lowest BCUT2D eigenvalue weighted by molar-refractivity contribution is 0.131. The fourth-order valence-electron chi connectivity index (χ4n) is 5.71. The van der Waals surface area contributed by atoms with Gasteiger partial charge < -0.3 is 19.5 Å². The second-order valence-corrected chi connectivity index (χ2v) is 9.17. The molecule has 2 aliphatic rings. The van der Waals surface area contributed by atoms with Crippen molar-refractivity contribution in [2.45, 2.75) is 50.2 Å². The van der Waals surface area contributed by atoms with Crippen LogP contribution in [-0.2, 0) is 24.2 Å². The minimum absolute atomic E-state index is 0.0131. The Balaban J connectivity index is 1.44. The first-order valence-electron chi connectivity index (χ1n) is 12.0. The van der Waals surface area contributed by atoms with Crippen LogP contribution in [0.1, 0.15) is 52.5 Å². The number of hydrogen-bond donors (Lipinski definition) is 1. The number of hydrogen-bond acceptors (Lipinski definition) is 4. The van der Waals surface area contributed by atoms with Crippen molar-refractivity contribution in [2.75, 3.05) is 14.2 Å². The molecule has 3 aromatic carbocycles. The van der Waals surface area contributed by atoms with E-state index in [0.717, 1.165) is 42.7 Å². The van der Waals surface area contributed by atoms with E-state index in [4.69, 9.17) is 14.2 Å². The molecule has 3 aromatic rings. The van der Waals surface area contributed by atoms with Gasteiger partial charge in [-0.15, -0.1) is 0 Å². The molecule has 0 bridgehead atoms. The molecule has 0 saturated heterocycles. The zero-order valence-electron chi connectivity index (χ0n) is 19.8. The number of methoxy groups -OCH3 is 2. The van der Waals surface area contributed by atoms with E-state index in [-0.39, 0.29) is 24.7 Å². The number of aryl methyl sites for hydroxylation is 1. The molecule has 1 amide bonds. The number of carbonyl (C=O) groups is 1. The molecule has 2 aliphatic carbocycles. The van der Waals surface area contributed by atoms with Crippen LogP contribution in [0.2, 0.25) is 0 Å². The zero-order valence-corrected chi connectivity index (χ0v) is 19.8. The topological polar surface area (TPSA) is 56.8 Å². The molecule has 0 radical (unpaired) electrons. The van der Waals surface area contributed by atoms with Crippen molar-refractivity contribution in [1.82, 2.24) is 5.32 Å². The van der Waals surface area contributed by atoms with Gasteiger partial charge in [-0.05, 0) is 59.9 Å². The van der Waals surface area contributed by atoms with Crippen LogP contribution in [0, 0.1) is 0 Å². The van der Waals surface area contributed by atoms with Crippen LogP contribution in [0.25, 0.3) is 0 Å². The average Bonchev–Trinajstić information content (AvgIpc) is 2.89. The highest BCUT2D eigenvalue weighted by Crippen LogP contribution is 2.51. The number of ether oxygens (including phenoxy) is 3. The van der Waals surface area contributed by atoms with Gasteiger partial charge in [-0.25, -0.2) is 4.79 Å². The number of carbonyl (C=O) groups excluding carboxylic acids is 1. The number of alkyl carbamates (subject to hydrolysis) is 1. The maximum Gasteiger partial charge on any atom is 0.407 e. The minimum atomic E-state index is -0.360. The van der Waals surface area contributed by atoms with E-state index in [1.807, 2.05) is 30.3 Å². The van der Waals surface area contributed by atoms with E-state index in [1.165, 1.54) is 22.3 Å². The van der Waals surface area contributed by atoms with Crippen molar-refractivity contribution < 1.29 is 19.0 Å². The number of amides is 1. The van der Waals surface area contributed by atoms with Crippen LogP contribution >= 0.6 is 0 Å². The first-order chi connectivity index (χ1) is 16.7. The Labute approximate surface area is 201 Å². The molecule has 0 aliphatic heterocycles. The molecule has 0 heterocycles. The molecule has 5 heteroatoms. The van der Waals surface area contributed by atoms with Crippen LogP contribution < -0.4 is 14.8 Å². The molecule has 0 fully saturated rings. The van der Waals surface area contributed by atoms with Crippen LogP contribution in [-0.4, -0.2) is 26.4 Å². The van der Waals surface area contributed by atoms with Gasteiger partial charge in [0.15, 0.2) is 11.5 Å². The first kappa shape index (κ1) is 22.3. The molecule has 0 spiro atoms. The summed E-state index contributed by atoms with van der Waals surface area (Å²) in [5.41, 5.74) is 6.14. The molecular formula is C29H31NO4. The van der Waals surface area contributed by atoms with Gasteiger partial charge in [-0.1, -0.05) is 60.7 Å². The third-order valence-corrected chi connectivity index (χ3v) is 7.26. The van der Waals surface area contributed by atoms with Gasteiger partial charge in [-0.3, -0.25) is 0 Å². The van der Waals surface area contributed by atoms with Gasteiger partial charge in [0, 0.05) is 17.5 Å². The third-order valence-electron chi connectivity index (χ3n) is 7.26. The number of benzene rings is 3. The predicted octanol–water partition coefficient (Wildman–Crippen LogP) is 5.76.